The molecule has 0 unspecified atom stereocenters. The van der Waals surface area contributed by atoms with Crippen molar-refractivity contribution in [3.05, 3.63) is 23.8 Å². The van der Waals surface area contributed by atoms with Crippen molar-refractivity contribution in [2.45, 2.75) is 12.8 Å². The number of hydrogen-bond acceptors (Lipinski definition) is 4. The fraction of sp³-hybridized carbons (Fsp3) is 0.533. The minimum atomic E-state index is -0.414. The summed E-state index contributed by atoms with van der Waals surface area (Å²) < 4.78 is 0. The minimum absolute atomic E-state index is 0.414. The van der Waals surface area contributed by atoms with Crippen molar-refractivity contribution in [1.29, 1.82) is 0 Å². The van der Waals surface area contributed by atoms with Crippen LogP contribution in [0.5, 0.6) is 0 Å². The van der Waals surface area contributed by atoms with E-state index in [4.69, 9.17) is 11.5 Å². The SMILES string of the molecule is CN(C)CC1CCN(c2c(N)cccc2C(N)=O)CC1. The highest BCUT2D eigenvalue weighted by Gasteiger charge is 2.24. The summed E-state index contributed by atoms with van der Waals surface area (Å²) in [6.45, 7) is 2.96. The average molecular weight is 276 g/mol. The van der Waals surface area contributed by atoms with Gasteiger partial charge in [0, 0.05) is 19.6 Å². The van der Waals surface area contributed by atoms with Crippen LogP contribution < -0.4 is 16.4 Å². The lowest BCUT2D eigenvalue weighted by Gasteiger charge is -2.36. The number of anilines is 2. The number of nitrogen functional groups attached to an aromatic ring is 1. The van der Waals surface area contributed by atoms with E-state index in [-0.39, 0.29) is 0 Å². The minimum Gasteiger partial charge on any atom is -0.397 e. The topological polar surface area (TPSA) is 75.6 Å². The van der Waals surface area contributed by atoms with Crippen LogP contribution in [0.15, 0.2) is 18.2 Å². The van der Waals surface area contributed by atoms with E-state index in [2.05, 4.69) is 23.9 Å². The standard InChI is InChI=1S/C15H24N4O/c1-18(2)10-11-6-8-19(9-7-11)14-12(15(17)20)4-3-5-13(14)16/h3-5,11H,6-10,16H2,1-2H3,(H2,17,20). The van der Waals surface area contributed by atoms with Gasteiger partial charge in [0.25, 0.3) is 5.91 Å². The molecule has 4 N–H and O–H groups in total. The Balaban J connectivity index is 2.13. The van der Waals surface area contributed by atoms with Gasteiger partial charge in [-0.3, -0.25) is 4.79 Å². The smallest absolute Gasteiger partial charge is 0.250 e. The first-order valence-corrected chi connectivity index (χ1v) is 7.07. The monoisotopic (exact) mass is 276 g/mol. The van der Waals surface area contributed by atoms with Gasteiger partial charge in [-0.2, -0.15) is 0 Å². The third-order valence-electron chi connectivity index (χ3n) is 3.89. The van der Waals surface area contributed by atoms with E-state index < -0.39 is 5.91 Å². The molecule has 1 aromatic rings. The molecule has 1 fully saturated rings. The summed E-state index contributed by atoms with van der Waals surface area (Å²) in [5, 5.41) is 0. The third kappa shape index (κ3) is 3.22. The largest absolute Gasteiger partial charge is 0.397 e. The molecule has 110 valence electrons. The lowest BCUT2D eigenvalue weighted by atomic mass is 9.95. The number of amides is 1. The number of benzene rings is 1. The molecule has 1 aliphatic heterocycles. The highest BCUT2D eigenvalue weighted by Crippen LogP contribution is 2.31. The molecule has 1 aromatic carbocycles. The van der Waals surface area contributed by atoms with E-state index in [0.717, 1.165) is 38.2 Å². The van der Waals surface area contributed by atoms with E-state index in [9.17, 15) is 4.79 Å². The maximum Gasteiger partial charge on any atom is 0.250 e. The van der Waals surface area contributed by atoms with Crippen molar-refractivity contribution in [1.82, 2.24) is 4.90 Å². The van der Waals surface area contributed by atoms with E-state index >= 15 is 0 Å². The van der Waals surface area contributed by atoms with Gasteiger partial charge in [-0.25, -0.2) is 0 Å². The van der Waals surface area contributed by atoms with Crippen LogP contribution >= 0.6 is 0 Å². The number of primary amides is 1. The lowest BCUT2D eigenvalue weighted by Crippen LogP contribution is -2.38. The van der Waals surface area contributed by atoms with Gasteiger partial charge in [0.15, 0.2) is 0 Å². The molecule has 0 aromatic heterocycles. The molecule has 1 aliphatic rings. The quantitative estimate of drug-likeness (QED) is 0.809. The van der Waals surface area contributed by atoms with Crippen molar-refractivity contribution in [2.24, 2.45) is 11.7 Å². The average Bonchev–Trinajstić information content (AvgIpc) is 2.39. The van der Waals surface area contributed by atoms with Crippen LogP contribution in [0.25, 0.3) is 0 Å². The fourth-order valence-electron chi connectivity index (χ4n) is 2.97. The molecule has 0 radical (unpaired) electrons. The van der Waals surface area contributed by atoms with Gasteiger partial charge >= 0.3 is 0 Å². The molecule has 2 rings (SSSR count). The zero-order valence-corrected chi connectivity index (χ0v) is 12.3. The molecule has 0 bridgehead atoms. The molecule has 0 aliphatic carbocycles. The van der Waals surface area contributed by atoms with Crippen molar-refractivity contribution in [3.8, 4) is 0 Å². The summed E-state index contributed by atoms with van der Waals surface area (Å²) in [6.07, 6.45) is 2.23. The summed E-state index contributed by atoms with van der Waals surface area (Å²) >= 11 is 0. The third-order valence-corrected chi connectivity index (χ3v) is 3.89. The second-order valence-corrected chi connectivity index (χ2v) is 5.80. The summed E-state index contributed by atoms with van der Waals surface area (Å²) in [6, 6.07) is 5.35. The summed E-state index contributed by atoms with van der Waals surface area (Å²) in [5.41, 5.74) is 13.5. The van der Waals surface area contributed by atoms with Gasteiger partial charge in [0.1, 0.15) is 0 Å². The maximum absolute atomic E-state index is 11.6. The Bertz CT molecular complexity index is 479. The van der Waals surface area contributed by atoms with Gasteiger partial charge in [0.05, 0.1) is 16.9 Å². The van der Waals surface area contributed by atoms with Gasteiger partial charge < -0.3 is 21.3 Å². The summed E-state index contributed by atoms with van der Waals surface area (Å²) in [4.78, 5) is 16.0. The number of carbonyl (C=O) groups is 1. The van der Waals surface area contributed by atoms with Crippen LogP contribution in [0.4, 0.5) is 11.4 Å². The van der Waals surface area contributed by atoms with Crippen molar-refractivity contribution >= 4 is 17.3 Å². The molecule has 5 heteroatoms. The number of rotatable bonds is 4. The van der Waals surface area contributed by atoms with E-state index in [1.54, 1.807) is 12.1 Å². The van der Waals surface area contributed by atoms with E-state index in [1.807, 2.05) is 6.07 Å². The van der Waals surface area contributed by atoms with Crippen LogP contribution in [0, 0.1) is 5.92 Å². The Morgan fingerprint density at radius 2 is 2.00 bits per heavy atom. The Hall–Kier alpha value is -1.75. The lowest BCUT2D eigenvalue weighted by molar-refractivity contribution is 0.100. The number of hydrogen-bond donors (Lipinski definition) is 2. The number of carbonyl (C=O) groups excluding carboxylic acids is 1. The molecule has 1 amide bonds. The molecule has 0 spiro atoms. The number of para-hydroxylation sites is 1. The number of nitrogens with zero attached hydrogens (tertiary/aromatic N) is 2. The molecular formula is C15H24N4O. The normalized spacial score (nSPS) is 16.6. The molecule has 5 nitrogen and oxygen atoms in total. The summed E-state index contributed by atoms with van der Waals surface area (Å²) in [5.74, 6) is 0.297. The fourth-order valence-corrected chi connectivity index (χ4v) is 2.97. The van der Waals surface area contributed by atoms with Gasteiger partial charge in [-0.1, -0.05) is 6.07 Å². The van der Waals surface area contributed by atoms with Gasteiger partial charge in [-0.15, -0.1) is 0 Å². The molecule has 0 saturated carbocycles. The van der Waals surface area contributed by atoms with Crippen LogP contribution in [0.1, 0.15) is 23.2 Å². The number of piperidine rings is 1. The first kappa shape index (κ1) is 14.7. The van der Waals surface area contributed by atoms with Crippen molar-refractivity contribution in [3.63, 3.8) is 0 Å². The Morgan fingerprint density at radius 3 is 2.55 bits per heavy atom. The van der Waals surface area contributed by atoms with Gasteiger partial charge in [0.2, 0.25) is 0 Å². The highest BCUT2D eigenvalue weighted by atomic mass is 16.1. The van der Waals surface area contributed by atoms with Crippen LogP contribution in [-0.4, -0.2) is 44.5 Å². The van der Waals surface area contributed by atoms with E-state index in [1.165, 1.54) is 0 Å². The second kappa shape index (κ2) is 6.13. The Labute approximate surface area is 120 Å². The van der Waals surface area contributed by atoms with Crippen LogP contribution in [-0.2, 0) is 0 Å². The van der Waals surface area contributed by atoms with Gasteiger partial charge in [-0.05, 0) is 45.0 Å². The van der Waals surface area contributed by atoms with Crippen LogP contribution in [0.2, 0.25) is 0 Å². The molecule has 0 atom stereocenters. The van der Waals surface area contributed by atoms with E-state index in [0.29, 0.717) is 17.2 Å². The zero-order chi connectivity index (χ0) is 14.7. The Kier molecular flexibility index (Phi) is 4.49. The molecule has 1 saturated heterocycles. The maximum atomic E-state index is 11.6. The zero-order valence-electron chi connectivity index (χ0n) is 12.3. The first-order valence-electron chi connectivity index (χ1n) is 7.07. The van der Waals surface area contributed by atoms with Crippen molar-refractivity contribution < 1.29 is 4.79 Å². The molecule has 1 heterocycles. The van der Waals surface area contributed by atoms with Crippen molar-refractivity contribution in [2.75, 3.05) is 44.4 Å². The molecule has 20 heavy (non-hydrogen) atoms. The van der Waals surface area contributed by atoms with Crippen LogP contribution in [0.3, 0.4) is 0 Å². The summed E-state index contributed by atoms with van der Waals surface area (Å²) in [7, 11) is 4.21. The highest BCUT2D eigenvalue weighted by molar-refractivity contribution is 6.01. The number of nitrogens with two attached hydrogens (primary N) is 2. The Morgan fingerprint density at radius 1 is 1.35 bits per heavy atom. The molecular weight excluding hydrogens is 252 g/mol. The predicted molar refractivity (Wildman–Crippen MR) is 82.9 cm³/mol. The predicted octanol–water partition coefficient (Wildman–Crippen LogP) is 1.15. The second-order valence-electron chi connectivity index (χ2n) is 5.80. The first-order chi connectivity index (χ1) is 9.49.